The van der Waals surface area contributed by atoms with Crippen molar-refractivity contribution >= 4 is 5.97 Å². The molecule has 0 aromatic heterocycles. The lowest BCUT2D eigenvalue weighted by Gasteiger charge is -2.06. The van der Waals surface area contributed by atoms with Gasteiger partial charge in [-0.05, 0) is 19.3 Å². The second kappa shape index (κ2) is 36.5. The first-order valence-corrected chi connectivity index (χ1v) is 18.6. The van der Waals surface area contributed by atoms with E-state index in [1.807, 2.05) is 0 Å². The van der Waals surface area contributed by atoms with Gasteiger partial charge >= 0.3 is 5.97 Å². The molecule has 0 unspecified atom stereocenters. The van der Waals surface area contributed by atoms with Crippen molar-refractivity contribution < 1.29 is 14.6 Å². The van der Waals surface area contributed by atoms with E-state index in [0.717, 1.165) is 19.3 Å². The Bertz CT molecular complexity index is 464. The van der Waals surface area contributed by atoms with E-state index >= 15 is 0 Å². The predicted octanol–water partition coefficient (Wildman–Crippen LogP) is 12.4. The van der Waals surface area contributed by atoms with Gasteiger partial charge in [0, 0.05) is 13.0 Å². The van der Waals surface area contributed by atoms with Gasteiger partial charge in [0.15, 0.2) is 0 Å². The first-order chi connectivity index (χ1) is 19.8. The Balaban J connectivity index is 3.11. The first kappa shape index (κ1) is 39.4. The van der Waals surface area contributed by atoms with Crippen molar-refractivity contribution in [1.29, 1.82) is 0 Å². The van der Waals surface area contributed by atoms with Crippen LogP contribution in [0.2, 0.25) is 0 Å². The van der Waals surface area contributed by atoms with Crippen LogP contribution in [-0.2, 0) is 9.53 Å². The Morgan fingerprint density at radius 3 is 1.00 bits per heavy atom. The van der Waals surface area contributed by atoms with Gasteiger partial charge in [-0.2, -0.15) is 0 Å². The van der Waals surface area contributed by atoms with Crippen molar-refractivity contribution in [3.8, 4) is 0 Å². The summed E-state index contributed by atoms with van der Waals surface area (Å²) in [5.41, 5.74) is 0. The standard InChI is InChI=1S/C37H74O3/c1-2-3-4-5-6-22-25-28-31-34-37(39)40-36-33-30-27-24-21-19-17-15-13-11-9-7-8-10-12-14-16-18-20-23-26-29-32-35-38/h38H,2-36H2,1H3. The number of aliphatic hydroxyl groups excluding tert-OH is 1. The largest absolute Gasteiger partial charge is 0.466 e. The molecule has 40 heavy (non-hydrogen) atoms. The van der Waals surface area contributed by atoms with E-state index in [1.165, 1.54) is 186 Å². The van der Waals surface area contributed by atoms with Crippen LogP contribution in [0, 0.1) is 0 Å². The molecule has 0 rings (SSSR count). The van der Waals surface area contributed by atoms with Crippen LogP contribution in [0.25, 0.3) is 0 Å². The molecule has 0 saturated heterocycles. The van der Waals surface area contributed by atoms with Gasteiger partial charge in [-0.25, -0.2) is 0 Å². The van der Waals surface area contributed by atoms with Crippen molar-refractivity contribution in [1.82, 2.24) is 0 Å². The fourth-order valence-corrected chi connectivity index (χ4v) is 5.76. The van der Waals surface area contributed by atoms with E-state index in [-0.39, 0.29) is 5.97 Å². The molecule has 3 nitrogen and oxygen atoms in total. The molecule has 0 fully saturated rings. The maximum atomic E-state index is 11.9. The van der Waals surface area contributed by atoms with Crippen LogP contribution < -0.4 is 0 Å². The third-order valence-electron chi connectivity index (χ3n) is 8.55. The number of aliphatic hydroxyl groups is 1. The molecule has 240 valence electrons. The van der Waals surface area contributed by atoms with E-state index in [4.69, 9.17) is 9.84 Å². The third-order valence-corrected chi connectivity index (χ3v) is 8.55. The number of hydrogen-bond donors (Lipinski definition) is 1. The Labute approximate surface area is 252 Å². The lowest BCUT2D eigenvalue weighted by Crippen LogP contribution is -2.05. The van der Waals surface area contributed by atoms with Gasteiger partial charge in [-0.15, -0.1) is 0 Å². The summed E-state index contributed by atoms with van der Waals surface area (Å²) < 4.78 is 5.42. The van der Waals surface area contributed by atoms with Crippen LogP contribution in [0.3, 0.4) is 0 Å². The van der Waals surface area contributed by atoms with Gasteiger partial charge in [0.2, 0.25) is 0 Å². The minimum Gasteiger partial charge on any atom is -0.466 e. The molecule has 0 saturated carbocycles. The summed E-state index contributed by atoms with van der Waals surface area (Å²) >= 11 is 0. The van der Waals surface area contributed by atoms with E-state index in [1.54, 1.807) is 0 Å². The average Bonchev–Trinajstić information content (AvgIpc) is 2.96. The predicted molar refractivity (Wildman–Crippen MR) is 176 cm³/mol. The topological polar surface area (TPSA) is 46.5 Å². The summed E-state index contributed by atoms with van der Waals surface area (Å²) in [7, 11) is 0. The Morgan fingerprint density at radius 2 is 0.675 bits per heavy atom. The van der Waals surface area contributed by atoms with Gasteiger partial charge < -0.3 is 9.84 Å². The van der Waals surface area contributed by atoms with E-state index in [2.05, 4.69) is 6.92 Å². The van der Waals surface area contributed by atoms with Crippen molar-refractivity contribution in [2.75, 3.05) is 13.2 Å². The Morgan fingerprint density at radius 1 is 0.400 bits per heavy atom. The molecule has 1 N–H and O–H groups in total. The summed E-state index contributed by atoms with van der Waals surface area (Å²) in [5, 5.41) is 8.78. The highest BCUT2D eigenvalue weighted by atomic mass is 16.5. The van der Waals surface area contributed by atoms with Crippen molar-refractivity contribution in [2.24, 2.45) is 0 Å². The molecular weight excluding hydrogens is 492 g/mol. The highest BCUT2D eigenvalue weighted by molar-refractivity contribution is 5.69. The number of carbonyl (C=O) groups is 1. The van der Waals surface area contributed by atoms with Gasteiger partial charge in [-0.1, -0.05) is 193 Å². The zero-order valence-corrected chi connectivity index (χ0v) is 27.5. The smallest absolute Gasteiger partial charge is 0.305 e. The van der Waals surface area contributed by atoms with E-state index in [0.29, 0.717) is 19.6 Å². The summed E-state index contributed by atoms with van der Waals surface area (Å²) in [5.74, 6) is 0.0199. The normalized spacial score (nSPS) is 11.3. The fourth-order valence-electron chi connectivity index (χ4n) is 5.76. The zero-order chi connectivity index (χ0) is 29.0. The van der Waals surface area contributed by atoms with Crippen LogP contribution in [0.5, 0.6) is 0 Å². The summed E-state index contributed by atoms with van der Waals surface area (Å²) in [6, 6.07) is 0. The molecule has 0 aliphatic carbocycles. The molecule has 3 heteroatoms. The molecular formula is C37H74O3. The average molecular weight is 567 g/mol. The first-order valence-electron chi connectivity index (χ1n) is 18.6. The maximum Gasteiger partial charge on any atom is 0.305 e. The molecule has 0 bridgehead atoms. The number of esters is 1. The molecule has 0 heterocycles. The SMILES string of the molecule is CCCCCCCCCCCC(=O)OCCCCCCCCCCCCCCCCCCCCCCCCCO. The summed E-state index contributed by atoms with van der Waals surface area (Å²) in [6.45, 7) is 3.26. The molecule has 0 aromatic carbocycles. The molecule has 0 aliphatic rings. The van der Waals surface area contributed by atoms with Crippen molar-refractivity contribution in [3.05, 3.63) is 0 Å². The molecule has 0 amide bonds. The van der Waals surface area contributed by atoms with Crippen LogP contribution in [0.4, 0.5) is 0 Å². The van der Waals surface area contributed by atoms with Gasteiger partial charge in [0.25, 0.3) is 0 Å². The Hall–Kier alpha value is -0.570. The highest BCUT2D eigenvalue weighted by Gasteiger charge is 2.03. The van der Waals surface area contributed by atoms with Crippen molar-refractivity contribution in [3.63, 3.8) is 0 Å². The quantitative estimate of drug-likeness (QED) is 0.0613. The van der Waals surface area contributed by atoms with Crippen molar-refractivity contribution in [2.45, 2.75) is 219 Å². The second-order valence-corrected chi connectivity index (χ2v) is 12.7. The van der Waals surface area contributed by atoms with Crippen LogP contribution >= 0.6 is 0 Å². The summed E-state index contributed by atoms with van der Waals surface area (Å²) in [6.07, 6.45) is 43.3. The van der Waals surface area contributed by atoms with E-state index < -0.39 is 0 Å². The van der Waals surface area contributed by atoms with Crippen LogP contribution in [-0.4, -0.2) is 24.3 Å². The molecule has 0 spiro atoms. The number of rotatable bonds is 35. The van der Waals surface area contributed by atoms with Crippen LogP contribution in [0.15, 0.2) is 0 Å². The lowest BCUT2D eigenvalue weighted by atomic mass is 10.0. The fraction of sp³-hybridized carbons (Fsp3) is 0.973. The van der Waals surface area contributed by atoms with Gasteiger partial charge in [0.1, 0.15) is 0 Å². The lowest BCUT2D eigenvalue weighted by molar-refractivity contribution is -0.143. The van der Waals surface area contributed by atoms with E-state index in [9.17, 15) is 4.79 Å². The minimum absolute atomic E-state index is 0.0199. The molecule has 0 aliphatic heterocycles. The number of ether oxygens (including phenoxy) is 1. The Kier molecular flexibility index (Phi) is 35.9. The molecule has 0 aromatic rings. The minimum atomic E-state index is 0.0199. The van der Waals surface area contributed by atoms with Gasteiger partial charge in [-0.3, -0.25) is 4.79 Å². The number of unbranched alkanes of at least 4 members (excludes halogenated alkanes) is 30. The van der Waals surface area contributed by atoms with Crippen LogP contribution in [0.1, 0.15) is 219 Å². The highest BCUT2D eigenvalue weighted by Crippen LogP contribution is 2.16. The number of carbonyl (C=O) groups excluding carboxylic acids is 1. The monoisotopic (exact) mass is 567 g/mol. The summed E-state index contributed by atoms with van der Waals surface area (Å²) in [4.78, 5) is 11.9. The second-order valence-electron chi connectivity index (χ2n) is 12.7. The zero-order valence-electron chi connectivity index (χ0n) is 27.5. The molecule has 0 atom stereocenters. The maximum absolute atomic E-state index is 11.9. The third kappa shape index (κ3) is 35.5. The molecule has 0 radical (unpaired) electrons. The number of hydrogen-bond acceptors (Lipinski definition) is 3. The van der Waals surface area contributed by atoms with Gasteiger partial charge in [0.05, 0.1) is 6.61 Å².